The van der Waals surface area contributed by atoms with E-state index in [0.29, 0.717) is 16.4 Å². The third-order valence-electron chi connectivity index (χ3n) is 3.71. The number of benzene rings is 1. The zero-order chi connectivity index (χ0) is 20.1. The van der Waals surface area contributed by atoms with Gasteiger partial charge in [-0.3, -0.25) is 14.9 Å². The first-order valence-electron chi connectivity index (χ1n) is 8.41. The molecule has 0 unspecified atom stereocenters. The van der Waals surface area contributed by atoms with E-state index in [0.717, 1.165) is 23.2 Å². The Bertz CT molecular complexity index is 1090. The number of hydrogen-bond donors (Lipinski definition) is 2. The van der Waals surface area contributed by atoms with E-state index in [4.69, 9.17) is 0 Å². The van der Waals surface area contributed by atoms with E-state index >= 15 is 0 Å². The highest BCUT2D eigenvalue weighted by Crippen LogP contribution is 2.25. The Kier molecular flexibility index (Phi) is 6.18. The minimum atomic E-state index is -0.548. The number of nitrogens with zero attached hydrogens (tertiary/aromatic N) is 4. The highest BCUT2D eigenvalue weighted by atomic mass is 32.2. The second-order valence-electron chi connectivity index (χ2n) is 5.68. The lowest BCUT2D eigenvalue weighted by atomic mass is 10.1. The molecule has 2 heterocycles. The van der Waals surface area contributed by atoms with Crippen molar-refractivity contribution in [3.8, 4) is 17.3 Å². The standard InChI is InChI=1S/C18H16N6O2S2/c1-3-13-23-24-18(28-13)21-15(25)10(2)27-17-20-14(11-7-5-4-6-8-11)12(9-19)16(26)22-17/h4-8,10H,3H2,1-2H3,(H,20,22,26)(H,21,24,25)/t10-/m1/s1. The number of nitrogens with one attached hydrogen (secondary N) is 2. The molecule has 3 rings (SSSR count). The van der Waals surface area contributed by atoms with Crippen LogP contribution in [0, 0.1) is 11.3 Å². The first-order valence-corrected chi connectivity index (χ1v) is 10.1. The monoisotopic (exact) mass is 412 g/mol. The molecule has 0 bridgehead atoms. The molecule has 8 nitrogen and oxygen atoms in total. The number of thioether (sulfide) groups is 1. The fourth-order valence-corrected chi connectivity index (χ4v) is 3.77. The van der Waals surface area contributed by atoms with Gasteiger partial charge in [0.25, 0.3) is 5.56 Å². The Morgan fingerprint density at radius 3 is 2.75 bits per heavy atom. The van der Waals surface area contributed by atoms with Crippen LogP contribution in [0.4, 0.5) is 5.13 Å². The van der Waals surface area contributed by atoms with Gasteiger partial charge in [-0.05, 0) is 13.3 Å². The first-order chi connectivity index (χ1) is 13.5. The molecule has 142 valence electrons. The van der Waals surface area contributed by atoms with Gasteiger partial charge in [-0.2, -0.15) is 5.26 Å². The van der Waals surface area contributed by atoms with E-state index in [2.05, 4.69) is 25.5 Å². The molecule has 0 aliphatic rings. The van der Waals surface area contributed by atoms with Crippen LogP contribution in [0.5, 0.6) is 0 Å². The largest absolute Gasteiger partial charge is 0.300 e. The second kappa shape index (κ2) is 8.77. The van der Waals surface area contributed by atoms with Crippen LogP contribution in [0.1, 0.15) is 24.4 Å². The summed E-state index contributed by atoms with van der Waals surface area (Å²) in [6.45, 7) is 3.66. The van der Waals surface area contributed by atoms with Crippen LogP contribution in [-0.2, 0) is 11.2 Å². The quantitative estimate of drug-likeness (QED) is 0.471. The van der Waals surface area contributed by atoms with E-state index in [1.807, 2.05) is 19.1 Å². The molecule has 3 aromatic rings. The van der Waals surface area contributed by atoms with Gasteiger partial charge in [0.2, 0.25) is 11.0 Å². The molecular formula is C18H16N6O2S2. The van der Waals surface area contributed by atoms with Crippen molar-refractivity contribution in [2.24, 2.45) is 0 Å². The van der Waals surface area contributed by atoms with Crippen molar-refractivity contribution < 1.29 is 4.79 Å². The fourth-order valence-electron chi connectivity index (χ4n) is 2.29. The number of aromatic nitrogens is 4. The van der Waals surface area contributed by atoms with E-state index in [9.17, 15) is 14.9 Å². The fraction of sp³-hybridized carbons (Fsp3) is 0.222. The molecule has 10 heteroatoms. The number of carbonyl (C=O) groups is 1. The van der Waals surface area contributed by atoms with Gasteiger partial charge in [-0.25, -0.2) is 4.98 Å². The smallest absolute Gasteiger partial charge is 0.270 e. The second-order valence-corrected chi connectivity index (χ2v) is 8.07. The van der Waals surface area contributed by atoms with Crippen molar-refractivity contribution in [1.82, 2.24) is 20.2 Å². The summed E-state index contributed by atoms with van der Waals surface area (Å²) in [6.07, 6.45) is 0.747. The third kappa shape index (κ3) is 4.44. The maximum Gasteiger partial charge on any atom is 0.270 e. The number of nitriles is 1. The summed E-state index contributed by atoms with van der Waals surface area (Å²) in [7, 11) is 0. The Morgan fingerprint density at radius 1 is 1.36 bits per heavy atom. The predicted octanol–water partition coefficient (Wildman–Crippen LogP) is 2.84. The van der Waals surface area contributed by atoms with Crippen LogP contribution in [0.2, 0.25) is 0 Å². The van der Waals surface area contributed by atoms with Crippen molar-refractivity contribution >= 4 is 34.1 Å². The lowest BCUT2D eigenvalue weighted by molar-refractivity contribution is -0.115. The van der Waals surface area contributed by atoms with Crippen molar-refractivity contribution in [1.29, 1.82) is 5.26 Å². The molecule has 2 N–H and O–H groups in total. The van der Waals surface area contributed by atoms with Crippen LogP contribution in [0.25, 0.3) is 11.3 Å². The average Bonchev–Trinajstić information content (AvgIpc) is 3.15. The summed E-state index contributed by atoms with van der Waals surface area (Å²) >= 11 is 2.41. The molecular weight excluding hydrogens is 396 g/mol. The highest BCUT2D eigenvalue weighted by molar-refractivity contribution is 8.00. The molecule has 1 amide bonds. The number of anilines is 1. The van der Waals surface area contributed by atoms with Crippen LogP contribution < -0.4 is 10.9 Å². The molecule has 0 spiro atoms. The molecule has 0 saturated carbocycles. The molecule has 0 aliphatic heterocycles. The Hall–Kier alpha value is -3.03. The number of aromatic amines is 1. The summed E-state index contributed by atoms with van der Waals surface area (Å²) in [5, 5.41) is 20.9. The number of hydrogen-bond acceptors (Lipinski definition) is 8. The maximum absolute atomic E-state index is 12.4. The molecule has 0 saturated heterocycles. The van der Waals surface area contributed by atoms with Crippen molar-refractivity contribution in [2.75, 3.05) is 5.32 Å². The molecule has 1 atom stereocenters. The van der Waals surface area contributed by atoms with Crippen LogP contribution in [0.3, 0.4) is 0 Å². The Labute approximate surface area is 169 Å². The van der Waals surface area contributed by atoms with Gasteiger partial charge in [0, 0.05) is 5.56 Å². The van der Waals surface area contributed by atoms with Crippen LogP contribution in [0.15, 0.2) is 40.3 Å². The highest BCUT2D eigenvalue weighted by Gasteiger charge is 2.20. The zero-order valence-electron chi connectivity index (χ0n) is 15.1. The predicted molar refractivity (Wildman–Crippen MR) is 108 cm³/mol. The van der Waals surface area contributed by atoms with E-state index in [1.54, 1.807) is 31.2 Å². The zero-order valence-corrected chi connectivity index (χ0v) is 16.7. The summed E-state index contributed by atoms with van der Waals surface area (Å²) in [5.74, 6) is -0.280. The Balaban J connectivity index is 1.82. The summed E-state index contributed by atoms with van der Waals surface area (Å²) in [6, 6.07) is 10.9. The molecule has 2 aromatic heterocycles. The first kappa shape index (κ1) is 19.7. The van der Waals surface area contributed by atoms with Gasteiger partial charge >= 0.3 is 0 Å². The molecule has 0 radical (unpaired) electrons. The van der Waals surface area contributed by atoms with Gasteiger partial charge in [-0.15, -0.1) is 10.2 Å². The van der Waals surface area contributed by atoms with Gasteiger partial charge in [0.1, 0.15) is 16.6 Å². The van der Waals surface area contributed by atoms with Gasteiger partial charge in [0.15, 0.2) is 5.16 Å². The van der Waals surface area contributed by atoms with Crippen LogP contribution >= 0.6 is 23.1 Å². The molecule has 0 aliphatic carbocycles. The SMILES string of the molecule is CCc1nnc(NC(=O)[C@@H](C)Sc2nc(-c3ccccc3)c(C#N)c(=O)[nH]2)s1. The molecule has 28 heavy (non-hydrogen) atoms. The average molecular weight is 413 g/mol. The number of amides is 1. The topological polar surface area (TPSA) is 124 Å². The number of carbonyl (C=O) groups excluding carboxylic acids is 1. The third-order valence-corrected chi connectivity index (χ3v) is 5.68. The van der Waals surface area contributed by atoms with Gasteiger partial charge in [-0.1, -0.05) is 60.4 Å². The summed E-state index contributed by atoms with van der Waals surface area (Å²) in [4.78, 5) is 31.7. The minimum absolute atomic E-state index is 0.0615. The maximum atomic E-state index is 12.4. The summed E-state index contributed by atoms with van der Waals surface area (Å²) < 4.78 is 0. The molecule has 0 fully saturated rings. The van der Waals surface area contributed by atoms with Crippen LogP contribution in [-0.4, -0.2) is 31.3 Å². The normalized spacial score (nSPS) is 11.6. The van der Waals surface area contributed by atoms with Crippen molar-refractivity contribution in [3.63, 3.8) is 0 Å². The number of H-pyrrole nitrogens is 1. The van der Waals surface area contributed by atoms with E-state index in [1.165, 1.54) is 11.3 Å². The number of rotatable bonds is 6. The van der Waals surface area contributed by atoms with Crippen molar-refractivity contribution in [2.45, 2.75) is 30.7 Å². The van der Waals surface area contributed by atoms with Gasteiger partial charge in [0.05, 0.1) is 10.9 Å². The molecule has 1 aromatic carbocycles. The van der Waals surface area contributed by atoms with Crippen molar-refractivity contribution in [3.05, 3.63) is 51.3 Å². The Morgan fingerprint density at radius 2 is 2.11 bits per heavy atom. The lowest BCUT2D eigenvalue weighted by Crippen LogP contribution is -2.23. The summed E-state index contributed by atoms with van der Waals surface area (Å²) in [5.41, 5.74) is 0.348. The van der Waals surface area contributed by atoms with E-state index in [-0.39, 0.29) is 16.6 Å². The number of aryl methyl sites for hydroxylation is 1. The van der Waals surface area contributed by atoms with E-state index < -0.39 is 10.8 Å². The van der Waals surface area contributed by atoms with Gasteiger partial charge < -0.3 is 4.98 Å². The minimum Gasteiger partial charge on any atom is -0.300 e. The lowest BCUT2D eigenvalue weighted by Gasteiger charge is -2.11.